The van der Waals surface area contributed by atoms with E-state index in [1.165, 1.54) is 38.5 Å². The number of hydrogen-bond acceptors (Lipinski definition) is 6. The van der Waals surface area contributed by atoms with E-state index in [4.69, 9.17) is 0 Å². The molecule has 2 aromatic rings. The zero-order chi connectivity index (χ0) is 20.1. The van der Waals surface area contributed by atoms with Crippen molar-refractivity contribution >= 4 is 23.1 Å². The predicted octanol–water partition coefficient (Wildman–Crippen LogP) is 2.74. The number of fused-ring (bicyclic) bond motifs is 1. The van der Waals surface area contributed by atoms with Gasteiger partial charge >= 0.3 is 0 Å². The lowest BCUT2D eigenvalue weighted by Gasteiger charge is -2.38. The number of piperidine rings is 1. The van der Waals surface area contributed by atoms with Crippen molar-refractivity contribution in [1.82, 2.24) is 25.2 Å². The van der Waals surface area contributed by atoms with Crippen molar-refractivity contribution in [1.29, 1.82) is 0 Å². The molecule has 0 aromatic carbocycles. The van der Waals surface area contributed by atoms with Gasteiger partial charge in [0.1, 0.15) is 24.1 Å². The van der Waals surface area contributed by atoms with Crippen LogP contribution in [0.25, 0.3) is 11.0 Å². The van der Waals surface area contributed by atoms with Gasteiger partial charge < -0.3 is 24.9 Å². The predicted molar refractivity (Wildman–Crippen MR) is 116 cm³/mol. The largest absolute Gasteiger partial charge is 0.354 e. The SMILES string of the molecule is CN(CCCC(C=O)NC1CCCC1)C1CCCN(c2ncnc3[nH]ccc23)C1. The molecule has 158 valence electrons. The first-order valence-corrected chi connectivity index (χ1v) is 11.2. The van der Waals surface area contributed by atoms with Gasteiger partial charge in [-0.2, -0.15) is 0 Å². The van der Waals surface area contributed by atoms with Gasteiger partial charge in [-0.25, -0.2) is 9.97 Å². The summed E-state index contributed by atoms with van der Waals surface area (Å²) < 4.78 is 0. The van der Waals surface area contributed by atoms with Gasteiger partial charge in [-0.1, -0.05) is 12.8 Å². The molecular weight excluding hydrogens is 364 g/mol. The summed E-state index contributed by atoms with van der Waals surface area (Å²) in [5.41, 5.74) is 0.903. The van der Waals surface area contributed by atoms with E-state index in [1.54, 1.807) is 6.33 Å². The van der Waals surface area contributed by atoms with Crippen molar-refractivity contribution in [2.45, 2.75) is 69.5 Å². The number of likely N-dealkylation sites (N-methyl/N-ethyl adjacent to an activating group) is 1. The maximum absolute atomic E-state index is 11.5. The van der Waals surface area contributed by atoms with Gasteiger partial charge in [0.15, 0.2) is 0 Å². The first-order valence-electron chi connectivity index (χ1n) is 11.2. The number of hydrogen-bond donors (Lipinski definition) is 2. The number of carbonyl (C=O) groups excluding carboxylic acids is 1. The number of aromatic nitrogens is 3. The molecule has 0 amide bonds. The van der Waals surface area contributed by atoms with Gasteiger partial charge in [-0.15, -0.1) is 0 Å². The monoisotopic (exact) mass is 398 g/mol. The van der Waals surface area contributed by atoms with Crippen molar-refractivity contribution in [2.75, 3.05) is 31.6 Å². The normalized spacial score (nSPS) is 21.9. The van der Waals surface area contributed by atoms with Crippen LogP contribution in [0.15, 0.2) is 18.6 Å². The minimum absolute atomic E-state index is 0.0113. The van der Waals surface area contributed by atoms with Crippen molar-refractivity contribution in [3.05, 3.63) is 18.6 Å². The van der Waals surface area contributed by atoms with E-state index in [0.29, 0.717) is 12.1 Å². The third-order valence-corrected chi connectivity index (χ3v) is 6.65. The van der Waals surface area contributed by atoms with E-state index in [9.17, 15) is 4.79 Å². The summed E-state index contributed by atoms with van der Waals surface area (Å²) in [6.07, 6.45) is 14.1. The summed E-state index contributed by atoms with van der Waals surface area (Å²) in [5, 5.41) is 4.65. The highest BCUT2D eigenvalue weighted by Gasteiger charge is 2.25. The van der Waals surface area contributed by atoms with Gasteiger partial charge in [0.25, 0.3) is 0 Å². The summed E-state index contributed by atoms with van der Waals surface area (Å²) in [6.45, 7) is 3.06. The number of aromatic amines is 1. The van der Waals surface area contributed by atoms with E-state index in [-0.39, 0.29) is 6.04 Å². The molecule has 1 aliphatic heterocycles. The summed E-state index contributed by atoms with van der Waals surface area (Å²) in [5.74, 6) is 1.04. The number of nitrogens with one attached hydrogen (secondary N) is 2. The second kappa shape index (κ2) is 9.67. The minimum Gasteiger partial charge on any atom is -0.354 e. The van der Waals surface area contributed by atoms with Crippen molar-refractivity contribution in [3.8, 4) is 0 Å². The molecule has 2 fully saturated rings. The average Bonchev–Trinajstić information content (AvgIpc) is 3.44. The van der Waals surface area contributed by atoms with Crippen molar-refractivity contribution in [3.63, 3.8) is 0 Å². The molecule has 2 unspecified atom stereocenters. The maximum atomic E-state index is 11.5. The Labute approximate surface area is 173 Å². The van der Waals surface area contributed by atoms with Crippen LogP contribution in [0.3, 0.4) is 0 Å². The molecule has 0 spiro atoms. The highest BCUT2D eigenvalue weighted by molar-refractivity contribution is 5.87. The summed E-state index contributed by atoms with van der Waals surface area (Å²) in [6, 6.07) is 3.14. The Morgan fingerprint density at radius 1 is 1.31 bits per heavy atom. The van der Waals surface area contributed by atoms with Crippen LogP contribution in [-0.4, -0.2) is 70.9 Å². The summed E-state index contributed by atoms with van der Waals surface area (Å²) in [4.78, 5) is 28.4. The van der Waals surface area contributed by atoms with Gasteiger partial charge in [0.05, 0.1) is 11.4 Å². The highest BCUT2D eigenvalue weighted by atomic mass is 16.1. The van der Waals surface area contributed by atoms with Gasteiger partial charge in [0, 0.05) is 31.4 Å². The first kappa shape index (κ1) is 20.3. The topological polar surface area (TPSA) is 77.2 Å². The van der Waals surface area contributed by atoms with Crippen LogP contribution in [-0.2, 0) is 4.79 Å². The highest BCUT2D eigenvalue weighted by Crippen LogP contribution is 2.26. The molecule has 3 heterocycles. The zero-order valence-corrected chi connectivity index (χ0v) is 17.5. The molecule has 4 rings (SSSR count). The molecule has 7 nitrogen and oxygen atoms in total. The molecule has 1 saturated heterocycles. The Hall–Kier alpha value is -1.99. The standard InChI is InChI=1S/C22H34N6O/c1-27(12-4-8-18(15-29)26-17-6-2-3-7-17)19-9-5-13-28(14-19)22-20-10-11-23-21(20)24-16-25-22/h10-11,15-19,26H,2-9,12-14H2,1H3,(H,23,24,25). The molecule has 29 heavy (non-hydrogen) atoms. The lowest BCUT2D eigenvalue weighted by Crippen LogP contribution is -2.47. The second-order valence-corrected chi connectivity index (χ2v) is 8.69. The van der Waals surface area contributed by atoms with Crippen LogP contribution < -0.4 is 10.2 Å². The number of aldehydes is 1. The molecular formula is C22H34N6O. The molecule has 2 aliphatic rings. The zero-order valence-electron chi connectivity index (χ0n) is 17.5. The smallest absolute Gasteiger partial charge is 0.142 e. The lowest BCUT2D eigenvalue weighted by molar-refractivity contribution is -0.109. The average molecular weight is 399 g/mol. The van der Waals surface area contributed by atoms with E-state index in [2.05, 4.69) is 43.2 Å². The number of anilines is 1. The molecule has 7 heteroatoms. The van der Waals surface area contributed by atoms with E-state index in [1.807, 2.05) is 6.20 Å². The van der Waals surface area contributed by atoms with Crippen LogP contribution in [0, 0.1) is 0 Å². The van der Waals surface area contributed by atoms with Gasteiger partial charge in [-0.3, -0.25) is 0 Å². The van der Waals surface area contributed by atoms with E-state index >= 15 is 0 Å². The quantitative estimate of drug-likeness (QED) is 0.633. The summed E-state index contributed by atoms with van der Waals surface area (Å²) >= 11 is 0. The Bertz CT molecular complexity index is 786. The molecule has 1 saturated carbocycles. The van der Waals surface area contributed by atoms with Crippen molar-refractivity contribution in [2.24, 2.45) is 0 Å². The fourth-order valence-electron chi connectivity index (χ4n) is 4.95. The number of H-pyrrole nitrogens is 1. The van der Waals surface area contributed by atoms with Crippen LogP contribution in [0.5, 0.6) is 0 Å². The molecule has 0 bridgehead atoms. The third kappa shape index (κ3) is 4.95. The van der Waals surface area contributed by atoms with Gasteiger partial charge in [-0.05, 0) is 58.2 Å². The van der Waals surface area contributed by atoms with Crippen molar-refractivity contribution < 1.29 is 4.79 Å². The van der Waals surface area contributed by atoms with Crippen LogP contribution in [0.2, 0.25) is 0 Å². The first-order chi connectivity index (χ1) is 14.2. The molecule has 0 radical (unpaired) electrons. The van der Waals surface area contributed by atoms with Crippen LogP contribution >= 0.6 is 0 Å². The Kier molecular flexibility index (Phi) is 6.77. The number of rotatable bonds is 9. The fourth-order valence-corrected chi connectivity index (χ4v) is 4.95. The van der Waals surface area contributed by atoms with E-state index < -0.39 is 0 Å². The molecule has 2 N–H and O–H groups in total. The summed E-state index contributed by atoms with van der Waals surface area (Å²) in [7, 11) is 2.22. The third-order valence-electron chi connectivity index (χ3n) is 6.65. The molecule has 2 atom stereocenters. The number of nitrogens with zero attached hydrogens (tertiary/aromatic N) is 4. The number of carbonyl (C=O) groups is 1. The maximum Gasteiger partial charge on any atom is 0.142 e. The lowest BCUT2D eigenvalue weighted by atomic mass is 10.0. The Morgan fingerprint density at radius 3 is 3.00 bits per heavy atom. The second-order valence-electron chi connectivity index (χ2n) is 8.69. The molecule has 1 aliphatic carbocycles. The fraction of sp³-hybridized carbons (Fsp3) is 0.682. The van der Waals surface area contributed by atoms with Gasteiger partial charge in [0.2, 0.25) is 0 Å². The van der Waals surface area contributed by atoms with Crippen LogP contribution in [0.1, 0.15) is 51.4 Å². The Morgan fingerprint density at radius 2 is 2.17 bits per heavy atom. The van der Waals surface area contributed by atoms with E-state index in [0.717, 1.165) is 55.6 Å². The minimum atomic E-state index is 0.0113. The molecule has 2 aromatic heterocycles. The van der Waals surface area contributed by atoms with Crippen LogP contribution in [0.4, 0.5) is 5.82 Å². The Balaban J connectivity index is 1.28.